The van der Waals surface area contributed by atoms with Crippen molar-refractivity contribution < 1.29 is 14.0 Å². The Morgan fingerprint density at radius 2 is 2.17 bits per heavy atom. The Balaban J connectivity index is 1.73. The van der Waals surface area contributed by atoms with Crippen LogP contribution in [0.2, 0.25) is 0 Å². The summed E-state index contributed by atoms with van der Waals surface area (Å²) in [5.41, 5.74) is 1.23. The lowest BCUT2D eigenvalue weighted by Gasteiger charge is -2.16. The van der Waals surface area contributed by atoms with Crippen LogP contribution in [0, 0.1) is 6.92 Å². The summed E-state index contributed by atoms with van der Waals surface area (Å²) in [6.07, 6.45) is 0. The number of hydrogen-bond acceptors (Lipinski definition) is 3. The van der Waals surface area contributed by atoms with E-state index in [2.05, 4.69) is 10.6 Å². The van der Waals surface area contributed by atoms with E-state index in [0.29, 0.717) is 30.1 Å². The quantitative estimate of drug-likeness (QED) is 0.911. The molecule has 6 heteroatoms. The number of carbonyl (C=O) groups excluding carboxylic acids is 2. The van der Waals surface area contributed by atoms with E-state index in [1.807, 2.05) is 32.0 Å². The monoisotopic (exact) mass is 313 g/mol. The van der Waals surface area contributed by atoms with Crippen molar-refractivity contribution in [3.63, 3.8) is 0 Å². The molecule has 1 aromatic carbocycles. The predicted octanol–water partition coefficient (Wildman–Crippen LogP) is 2.61. The molecule has 1 atom stereocenters. The lowest BCUT2D eigenvalue weighted by molar-refractivity contribution is 0.0935. The maximum atomic E-state index is 12.4. The fraction of sp³-hybridized carbons (Fsp3) is 0.294. The minimum atomic E-state index is -0.227. The topological polar surface area (TPSA) is 74.6 Å². The van der Waals surface area contributed by atoms with Crippen LogP contribution >= 0.6 is 0 Å². The van der Waals surface area contributed by atoms with Gasteiger partial charge >= 0.3 is 6.03 Å². The van der Waals surface area contributed by atoms with Gasteiger partial charge in [0.15, 0.2) is 0 Å². The summed E-state index contributed by atoms with van der Waals surface area (Å²) in [5, 5.41) is 5.65. The van der Waals surface area contributed by atoms with Gasteiger partial charge in [-0.25, -0.2) is 4.79 Å². The second kappa shape index (κ2) is 6.16. The fourth-order valence-corrected chi connectivity index (χ4v) is 2.57. The van der Waals surface area contributed by atoms with Gasteiger partial charge in [-0.05, 0) is 44.2 Å². The van der Waals surface area contributed by atoms with E-state index in [-0.39, 0.29) is 18.0 Å². The van der Waals surface area contributed by atoms with Crippen LogP contribution in [0.25, 0.3) is 0 Å². The minimum absolute atomic E-state index is 0.137. The predicted molar refractivity (Wildman–Crippen MR) is 86.5 cm³/mol. The van der Waals surface area contributed by atoms with Crippen LogP contribution in [0.1, 0.15) is 34.8 Å². The third-order valence-corrected chi connectivity index (χ3v) is 3.81. The number of anilines is 1. The number of hydrogen-bond donors (Lipinski definition) is 2. The molecule has 3 rings (SSSR count). The van der Waals surface area contributed by atoms with E-state index in [9.17, 15) is 9.59 Å². The van der Waals surface area contributed by atoms with Gasteiger partial charge in [0, 0.05) is 24.3 Å². The zero-order valence-corrected chi connectivity index (χ0v) is 13.1. The average molecular weight is 313 g/mol. The van der Waals surface area contributed by atoms with Crippen molar-refractivity contribution in [2.24, 2.45) is 0 Å². The van der Waals surface area contributed by atoms with Crippen molar-refractivity contribution >= 4 is 17.6 Å². The molecule has 3 amide bonds. The third-order valence-electron chi connectivity index (χ3n) is 3.81. The first-order valence-electron chi connectivity index (χ1n) is 7.57. The first-order chi connectivity index (χ1) is 11.0. The van der Waals surface area contributed by atoms with Crippen molar-refractivity contribution in [2.75, 3.05) is 18.0 Å². The molecular weight excluding hydrogens is 294 g/mol. The minimum Gasteiger partial charge on any atom is -0.464 e. The standard InChI is InChI=1S/C17H19N3O3/c1-11-6-7-15(23-11)12(2)19-16(21)13-4-3-5-14(10-13)20-9-8-18-17(20)22/h3-7,10,12H,8-9H2,1-2H3,(H,18,22)(H,19,21). The summed E-state index contributed by atoms with van der Waals surface area (Å²) < 4.78 is 5.53. The zero-order chi connectivity index (χ0) is 16.4. The van der Waals surface area contributed by atoms with Gasteiger partial charge in [0.1, 0.15) is 11.5 Å². The highest BCUT2D eigenvalue weighted by atomic mass is 16.3. The van der Waals surface area contributed by atoms with Gasteiger partial charge in [-0.15, -0.1) is 0 Å². The van der Waals surface area contributed by atoms with Crippen LogP contribution in [0.5, 0.6) is 0 Å². The molecule has 0 aliphatic carbocycles. The Bertz CT molecular complexity index is 738. The molecular formula is C17H19N3O3. The van der Waals surface area contributed by atoms with Crippen LogP contribution in [0.15, 0.2) is 40.8 Å². The molecule has 1 aliphatic heterocycles. The Morgan fingerprint density at radius 1 is 1.35 bits per heavy atom. The maximum absolute atomic E-state index is 12.4. The van der Waals surface area contributed by atoms with E-state index in [1.165, 1.54) is 0 Å². The normalized spacial score (nSPS) is 15.4. The van der Waals surface area contributed by atoms with Crippen LogP contribution in [0.3, 0.4) is 0 Å². The number of urea groups is 1. The number of furan rings is 1. The molecule has 0 saturated carbocycles. The molecule has 6 nitrogen and oxygen atoms in total. The van der Waals surface area contributed by atoms with Crippen molar-refractivity contribution in [1.82, 2.24) is 10.6 Å². The number of nitrogens with one attached hydrogen (secondary N) is 2. The lowest BCUT2D eigenvalue weighted by Crippen LogP contribution is -2.29. The number of rotatable bonds is 4. The highest BCUT2D eigenvalue weighted by Crippen LogP contribution is 2.20. The second-order valence-electron chi connectivity index (χ2n) is 5.58. The van der Waals surface area contributed by atoms with Gasteiger partial charge in [-0.1, -0.05) is 6.07 Å². The van der Waals surface area contributed by atoms with Crippen LogP contribution in [-0.2, 0) is 0 Å². The zero-order valence-electron chi connectivity index (χ0n) is 13.1. The molecule has 120 valence electrons. The number of carbonyl (C=O) groups is 2. The Morgan fingerprint density at radius 3 is 2.83 bits per heavy atom. The van der Waals surface area contributed by atoms with Crippen molar-refractivity contribution in [1.29, 1.82) is 0 Å². The van der Waals surface area contributed by atoms with Gasteiger partial charge in [0.2, 0.25) is 0 Å². The number of amides is 3. The lowest BCUT2D eigenvalue weighted by atomic mass is 10.1. The average Bonchev–Trinajstić information content (AvgIpc) is 3.16. The molecule has 0 bridgehead atoms. The van der Waals surface area contributed by atoms with Gasteiger partial charge in [-0.2, -0.15) is 0 Å². The fourth-order valence-electron chi connectivity index (χ4n) is 2.57. The second-order valence-corrected chi connectivity index (χ2v) is 5.58. The van der Waals surface area contributed by atoms with Gasteiger partial charge < -0.3 is 15.1 Å². The molecule has 2 heterocycles. The molecule has 2 aromatic rings. The van der Waals surface area contributed by atoms with Gasteiger partial charge in [-0.3, -0.25) is 9.69 Å². The highest BCUT2D eigenvalue weighted by molar-refractivity contribution is 5.98. The molecule has 0 spiro atoms. The van der Waals surface area contributed by atoms with Gasteiger partial charge in [0.05, 0.1) is 6.04 Å². The van der Waals surface area contributed by atoms with Crippen molar-refractivity contribution in [2.45, 2.75) is 19.9 Å². The summed E-state index contributed by atoms with van der Waals surface area (Å²) in [6, 6.07) is 10.4. The SMILES string of the molecule is Cc1ccc(C(C)NC(=O)c2cccc(N3CCNC3=O)c2)o1. The Hall–Kier alpha value is -2.76. The largest absolute Gasteiger partial charge is 0.464 e. The molecule has 23 heavy (non-hydrogen) atoms. The molecule has 0 radical (unpaired) electrons. The van der Waals surface area contributed by atoms with E-state index >= 15 is 0 Å². The smallest absolute Gasteiger partial charge is 0.321 e. The molecule has 1 fully saturated rings. The number of aryl methyl sites for hydroxylation is 1. The Kier molecular flexibility index (Phi) is 4.06. The van der Waals surface area contributed by atoms with Crippen LogP contribution in [-0.4, -0.2) is 25.0 Å². The van der Waals surface area contributed by atoms with E-state index < -0.39 is 0 Å². The van der Waals surface area contributed by atoms with E-state index in [1.54, 1.807) is 23.1 Å². The summed E-state index contributed by atoms with van der Waals surface area (Å²) in [5.74, 6) is 1.32. The third kappa shape index (κ3) is 3.21. The molecule has 1 aromatic heterocycles. The Labute approximate surface area is 134 Å². The maximum Gasteiger partial charge on any atom is 0.321 e. The summed E-state index contributed by atoms with van der Waals surface area (Å²) in [7, 11) is 0. The number of nitrogens with zero attached hydrogens (tertiary/aromatic N) is 1. The summed E-state index contributed by atoms with van der Waals surface area (Å²) in [6.45, 7) is 4.95. The van der Waals surface area contributed by atoms with E-state index in [0.717, 1.165) is 5.76 Å². The molecule has 1 saturated heterocycles. The highest BCUT2D eigenvalue weighted by Gasteiger charge is 2.22. The van der Waals surface area contributed by atoms with Crippen molar-refractivity contribution in [3.8, 4) is 0 Å². The van der Waals surface area contributed by atoms with Crippen LogP contribution in [0.4, 0.5) is 10.5 Å². The van der Waals surface area contributed by atoms with E-state index in [4.69, 9.17) is 4.42 Å². The molecule has 1 unspecified atom stereocenters. The number of benzene rings is 1. The summed E-state index contributed by atoms with van der Waals surface area (Å²) >= 11 is 0. The first kappa shape index (κ1) is 15.1. The van der Waals surface area contributed by atoms with Gasteiger partial charge in [0.25, 0.3) is 5.91 Å². The molecule has 2 N–H and O–H groups in total. The summed E-state index contributed by atoms with van der Waals surface area (Å²) in [4.78, 5) is 25.8. The molecule has 1 aliphatic rings. The van der Waals surface area contributed by atoms with Crippen LogP contribution < -0.4 is 15.5 Å². The van der Waals surface area contributed by atoms with Crippen molar-refractivity contribution in [3.05, 3.63) is 53.5 Å². The first-order valence-corrected chi connectivity index (χ1v) is 7.57.